The lowest BCUT2D eigenvalue weighted by molar-refractivity contribution is -0.152. The number of hydrogen-bond acceptors (Lipinski definition) is 2. The molecule has 1 N–H and O–H groups in total. The highest BCUT2D eigenvalue weighted by Gasteiger charge is 2.62. The van der Waals surface area contributed by atoms with Crippen LogP contribution in [0.2, 0.25) is 0 Å². The summed E-state index contributed by atoms with van der Waals surface area (Å²) in [5.41, 5.74) is 1.81. The highest BCUT2D eigenvalue weighted by molar-refractivity contribution is 5.61. The van der Waals surface area contributed by atoms with Crippen LogP contribution in [-0.4, -0.2) is 17.5 Å². The van der Waals surface area contributed by atoms with Gasteiger partial charge in [-0.3, -0.25) is 0 Å². The normalized spacial score (nSPS) is 47.9. The van der Waals surface area contributed by atoms with Crippen LogP contribution in [-0.2, 0) is 4.79 Å². The topological polar surface area (TPSA) is 37.3 Å². The number of allylic oxidation sites excluding steroid dienone is 2. The van der Waals surface area contributed by atoms with E-state index < -0.39 is 11.5 Å². The number of aldehydes is 1. The third-order valence-electron chi connectivity index (χ3n) is 11.2. The number of aliphatic hydroxyl groups is 1. The van der Waals surface area contributed by atoms with E-state index in [0.717, 1.165) is 49.2 Å². The van der Waals surface area contributed by atoms with E-state index in [1.165, 1.54) is 44.9 Å². The van der Waals surface area contributed by atoms with Crippen LogP contribution in [0.5, 0.6) is 0 Å². The summed E-state index contributed by atoms with van der Waals surface area (Å²) in [5, 5.41) is 10.7. The Hall–Kier alpha value is -0.630. The van der Waals surface area contributed by atoms with Gasteiger partial charge in [0.15, 0.2) is 0 Å². The first-order chi connectivity index (χ1) is 14.6. The summed E-state index contributed by atoms with van der Waals surface area (Å²) in [6.07, 6.45) is 15.6. The van der Waals surface area contributed by atoms with Crippen LogP contribution in [0.1, 0.15) is 106 Å². The van der Waals surface area contributed by atoms with Crippen LogP contribution in [0.25, 0.3) is 0 Å². The Balaban J connectivity index is 1.56. The number of rotatable bonds is 6. The molecule has 31 heavy (non-hydrogen) atoms. The maximum absolute atomic E-state index is 12.1. The van der Waals surface area contributed by atoms with Gasteiger partial charge in [-0.25, -0.2) is 0 Å². The molecule has 4 aliphatic rings. The molecule has 0 heterocycles. The van der Waals surface area contributed by atoms with Gasteiger partial charge in [-0.05, 0) is 91.3 Å². The van der Waals surface area contributed by atoms with Crippen molar-refractivity contribution < 1.29 is 9.90 Å². The Morgan fingerprint density at radius 3 is 2.35 bits per heavy atom. The lowest BCUT2D eigenvalue weighted by Gasteiger charge is -2.61. The molecule has 0 saturated heterocycles. The predicted octanol–water partition coefficient (Wildman–Crippen LogP) is 7.20. The molecular formula is C29H48O2. The average molecular weight is 429 g/mol. The van der Waals surface area contributed by atoms with Gasteiger partial charge in [0.2, 0.25) is 0 Å². The van der Waals surface area contributed by atoms with Crippen molar-refractivity contribution in [1.29, 1.82) is 0 Å². The van der Waals surface area contributed by atoms with Gasteiger partial charge < -0.3 is 9.90 Å². The molecule has 0 spiro atoms. The zero-order valence-electron chi connectivity index (χ0n) is 21.1. The van der Waals surface area contributed by atoms with Crippen molar-refractivity contribution in [2.45, 2.75) is 112 Å². The first-order valence-electron chi connectivity index (χ1n) is 13.4. The zero-order valence-corrected chi connectivity index (χ0v) is 21.1. The lowest BCUT2D eigenvalue weighted by Crippen LogP contribution is -2.57. The van der Waals surface area contributed by atoms with Gasteiger partial charge >= 0.3 is 0 Å². The molecule has 0 aliphatic heterocycles. The van der Waals surface area contributed by atoms with Gasteiger partial charge in [0.1, 0.15) is 6.29 Å². The van der Waals surface area contributed by atoms with Crippen molar-refractivity contribution in [3.63, 3.8) is 0 Å². The largest absolute Gasteiger partial charge is 0.392 e. The molecule has 0 amide bonds. The Morgan fingerprint density at radius 2 is 1.68 bits per heavy atom. The molecule has 3 fully saturated rings. The molecule has 176 valence electrons. The van der Waals surface area contributed by atoms with E-state index in [1.54, 1.807) is 5.57 Å². The smallest absolute Gasteiger partial charge is 0.128 e. The molecule has 4 rings (SSSR count). The second kappa shape index (κ2) is 8.30. The Kier molecular flexibility index (Phi) is 6.30. The second-order valence-electron chi connectivity index (χ2n) is 13.2. The van der Waals surface area contributed by atoms with E-state index in [2.05, 4.69) is 40.7 Å². The monoisotopic (exact) mass is 428 g/mol. The maximum atomic E-state index is 12.1. The maximum Gasteiger partial charge on any atom is 0.128 e. The van der Waals surface area contributed by atoms with Crippen LogP contribution < -0.4 is 0 Å². The van der Waals surface area contributed by atoms with E-state index in [0.29, 0.717) is 11.3 Å². The predicted molar refractivity (Wildman–Crippen MR) is 129 cm³/mol. The number of aliphatic hydroxyl groups excluding tert-OH is 1. The number of hydrogen-bond donors (Lipinski definition) is 1. The van der Waals surface area contributed by atoms with E-state index in [1.807, 2.05) is 6.92 Å². The molecule has 0 aromatic rings. The van der Waals surface area contributed by atoms with Gasteiger partial charge in [-0.15, -0.1) is 0 Å². The molecule has 4 aliphatic carbocycles. The summed E-state index contributed by atoms with van der Waals surface area (Å²) in [7, 11) is 0. The average Bonchev–Trinajstić information content (AvgIpc) is 3.08. The SMILES string of the molecule is CC(C)CCC[C@@H](C)[C@H]1CC[C@H]2C3=CC[C@H]4[C@](C)(C=O)[C@@H](O)CC[C@]4(C)C3CC[C@]12C. The van der Waals surface area contributed by atoms with Crippen molar-refractivity contribution in [3.8, 4) is 0 Å². The van der Waals surface area contributed by atoms with Gasteiger partial charge in [-0.2, -0.15) is 0 Å². The van der Waals surface area contributed by atoms with Gasteiger partial charge in [-0.1, -0.05) is 72.5 Å². The lowest BCUT2D eigenvalue weighted by atomic mass is 9.43. The van der Waals surface area contributed by atoms with Crippen LogP contribution in [0.3, 0.4) is 0 Å². The molecule has 0 bridgehead atoms. The summed E-state index contributed by atoms with van der Waals surface area (Å²) < 4.78 is 0. The van der Waals surface area contributed by atoms with Crippen molar-refractivity contribution in [1.82, 2.24) is 0 Å². The molecule has 3 saturated carbocycles. The Bertz CT molecular complexity index is 710. The molecule has 0 radical (unpaired) electrons. The zero-order chi connectivity index (χ0) is 22.6. The van der Waals surface area contributed by atoms with Gasteiger partial charge in [0.05, 0.1) is 11.5 Å². The fourth-order valence-corrected chi connectivity index (χ4v) is 9.25. The standard InChI is InChI=1S/C29H48O2/c1-19(2)8-7-9-20(3)22-11-12-23-21-10-13-25-28(5,24(21)14-16-27(22,23)4)17-15-26(31)29(25,6)18-30/h10,18-20,22-26,31H,7-9,11-17H2,1-6H3/t20-,22-,23+,24?,25-,26+,27-,28-,29+/m1/s1. The summed E-state index contributed by atoms with van der Waals surface area (Å²) in [4.78, 5) is 12.1. The molecular weight excluding hydrogens is 380 g/mol. The number of carbonyl (C=O) groups is 1. The van der Waals surface area contributed by atoms with Crippen LogP contribution in [0, 0.1) is 51.8 Å². The minimum atomic E-state index is -0.584. The highest BCUT2D eigenvalue weighted by atomic mass is 16.3. The molecule has 9 atom stereocenters. The van der Waals surface area contributed by atoms with Gasteiger partial charge in [0, 0.05) is 0 Å². The minimum Gasteiger partial charge on any atom is -0.392 e. The van der Waals surface area contributed by atoms with Crippen molar-refractivity contribution >= 4 is 6.29 Å². The first-order valence-corrected chi connectivity index (χ1v) is 13.4. The summed E-state index contributed by atoms with van der Waals surface area (Å²) in [6, 6.07) is 0. The van der Waals surface area contributed by atoms with E-state index in [-0.39, 0.29) is 11.3 Å². The third kappa shape index (κ3) is 3.58. The third-order valence-corrected chi connectivity index (χ3v) is 11.2. The molecule has 0 aromatic carbocycles. The molecule has 2 nitrogen and oxygen atoms in total. The fraction of sp³-hybridized carbons (Fsp3) is 0.897. The molecule has 2 heteroatoms. The van der Waals surface area contributed by atoms with Crippen LogP contribution in [0.4, 0.5) is 0 Å². The Labute approximate surface area is 191 Å². The Morgan fingerprint density at radius 1 is 1.00 bits per heavy atom. The number of carbonyl (C=O) groups excluding carboxylic acids is 1. The summed E-state index contributed by atoms with van der Waals surface area (Å²) in [5.74, 6) is 4.17. The first kappa shape index (κ1) is 23.5. The summed E-state index contributed by atoms with van der Waals surface area (Å²) >= 11 is 0. The van der Waals surface area contributed by atoms with Crippen molar-refractivity contribution in [2.75, 3.05) is 0 Å². The van der Waals surface area contributed by atoms with E-state index in [9.17, 15) is 9.90 Å². The summed E-state index contributed by atoms with van der Waals surface area (Å²) in [6.45, 7) is 14.4. The second-order valence-corrected chi connectivity index (χ2v) is 13.2. The van der Waals surface area contributed by atoms with Crippen molar-refractivity contribution in [2.24, 2.45) is 51.8 Å². The quantitative estimate of drug-likeness (QED) is 0.358. The van der Waals surface area contributed by atoms with Crippen LogP contribution in [0.15, 0.2) is 11.6 Å². The van der Waals surface area contributed by atoms with Gasteiger partial charge in [0.25, 0.3) is 0 Å². The van der Waals surface area contributed by atoms with E-state index >= 15 is 0 Å². The molecule has 0 aromatic heterocycles. The highest BCUT2D eigenvalue weighted by Crippen LogP contribution is 2.68. The fourth-order valence-electron chi connectivity index (χ4n) is 9.25. The number of fused-ring (bicyclic) bond motifs is 5. The van der Waals surface area contributed by atoms with Crippen molar-refractivity contribution in [3.05, 3.63) is 11.6 Å². The molecule has 1 unspecified atom stereocenters. The van der Waals surface area contributed by atoms with E-state index in [4.69, 9.17) is 0 Å². The minimum absolute atomic E-state index is 0.168. The van der Waals surface area contributed by atoms with Crippen LogP contribution >= 0.6 is 0 Å².